The Kier molecular flexibility index (Phi) is 5.63. The van der Waals surface area contributed by atoms with Gasteiger partial charge in [-0.1, -0.05) is 0 Å². The minimum Gasteiger partial charge on any atom is -0.382 e. The summed E-state index contributed by atoms with van der Waals surface area (Å²) in [7, 11) is 7.45. The van der Waals surface area contributed by atoms with Crippen molar-refractivity contribution in [2.75, 3.05) is 28.2 Å². The second-order valence-electron chi connectivity index (χ2n) is 5.70. The van der Waals surface area contributed by atoms with Crippen LogP contribution in [0.1, 0.15) is 5.56 Å². The van der Waals surface area contributed by atoms with Gasteiger partial charge in [0.25, 0.3) is 0 Å². The average Bonchev–Trinajstić information content (AvgIpc) is 2.86. The van der Waals surface area contributed by atoms with Crippen LogP contribution in [0.25, 0.3) is 0 Å². The first kappa shape index (κ1) is 17.9. The molecular formula is C17H20N8. The third kappa shape index (κ3) is 4.75. The highest BCUT2D eigenvalue weighted by Gasteiger charge is 2.23. The zero-order chi connectivity index (χ0) is 18.4. The molecule has 0 fully saturated rings. The van der Waals surface area contributed by atoms with Gasteiger partial charge in [0, 0.05) is 28.2 Å². The van der Waals surface area contributed by atoms with Crippen LogP contribution >= 0.6 is 0 Å². The monoisotopic (exact) mass is 336 g/mol. The molecule has 2 rings (SSSR count). The average molecular weight is 336 g/mol. The highest BCUT2D eigenvalue weighted by molar-refractivity contribution is 6.20. The number of nitrogens with two attached hydrogens (primary N) is 1. The minimum atomic E-state index is 0.261. The summed E-state index contributed by atoms with van der Waals surface area (Å²) >= 11 is 0. The van der Waals surface area contributed by atoms with Crippen molar-refractivity contribution < 1.29 is 0 Å². The molecule has 128 valence electrons. The fourth-order valence-corrected chi connectivity index (χ4v) is 1.85. The first-order chi connectivity index (χ1) is 11.9. The molecule has 0 aromatic heterocycles. The van der Waals surface area contributed by atoms with Crippen molar-refractivity contribution in [1.82, 2.24) is 9.80 Å². The van der Waals surface area contributed by atoms with E-state index in [1.54, 1.807) is 46.7 Å². The third-order valence-electron chi connectivity index (χ3n) is 2.97. The van der Waals surface area contributed by atoms with Gasteiger partial charge < -0.3 is 15.5 Å². The molecule has 0 bridgehead atoms. The van der Waals surface area contributed by atoms with Gasteiger partial charge in [0.1, 0.15) is 11.4 Å². The summed E-state index contributed by atoms with van der Waals surface area (Å²) in [4.78, 5) is 21.1. The fourth-order valence-electron chi connectivity index (χ4n) is 1.85. The van der Waals surface area contributed by atoms with E-state index in [-0.39, 0.29) is 5.84 Å². The molecule has 0 radical (unpaired) electrons. The van der Waals surface area contributed by atoms with Crippen LogP contribution < -0.4 is 5.73 Å². The third-order valence-corrected chi connectivity index (χ3v) is 2.97. The molecule has 8 nitrogen and oxygen atoms in total. The highest BCUT2D eigenvalue weighted by Crippen LogP contribution is 2.22. The maximum Gasteiger partial charge on any atom is 0.183 e. The lowest BCUT2D eigenvalue weighted by atomic mass is 10.2. The van der Waals surface area contributed by atoms with E-state index in [2.05, 4.69) is 26.0 Å². The number of rotatable bonds is 5. The molecule has 0 aliphatic carbocycles. The van der Waals surface area contributed by atoms with Gasteiger partial charge >= 0.3 is 0 Å². The Morgan fingerprint density at radius 3 is 2.08 bits per heavy atom. The van der Waals surface area contributed by atoms with Crippen LogP contribution in [-0.4, -0.2) is 62.3 Å². The van der Waals surface area contributed by atoms with Gasteiger partial charge in [0.2, 0.25) is 0 Å². The van der Waals surface area contributed by atoms with Crippen LogP contribution in [0.4, 0.5) is 5.69 Å². The van der Waals surface area contributed by atoms with Gasteiger partial charge in [-0.3, -0.25) is 0 Å². The molecule has 2 N–H and O–H groups in total. The minimum absolute atomic E-state index is 0.261. The Bertz CT molecular complexity index is 817. The topological polar surface area (TPSA) is 106 Å². The first-order valence-corrected chi connectivity index (χ1v) is 7.50. The van der Waals surface area contributed by atoms with E-state index in [4.69, 9.17) is 11.0 Å². The summed E-state index contributed by atoms with van der Waals surface area (Å²) in [5.41, 5.74) is 8.19. The molecular weight excluding hydrogens is 316 g/mol. The van der Waals surface area contributed by atoms with Crippen LogP contribution in [-0.2, 0) is 0 Å². The summed E-state index contributed by atoms with van der Waals surface area (Å²) in [6.07, 6.45) is 3.27. The number of nitrogens with zero attached hydrogens (tertiary/aromatic N) is 7. The van der Waals surface area contributed by atoms with Crippen molar-refractivity contribution in [3.8, 4) is 6.07 Å². The number of nitriles is 1. The van der Waals surface area contributed by atoms with Gasteiger partial charge in [-0.05, 0) is 24.3 Å². The molecule has 0 unspecified atom stereocenters. The predicted octanol–water partition coefficient (Wildman–Crippen LogP) is 1.35. The van der Waals surface area contributed by atoms with Crippen molar-refractivity contribution in [1.29, 1.82) is 5.26 Å². The maximum atomic E-state index is 8.87. The van der Waals surface area contributed by atoms with E-state index in [9.17, 15) is 0 Å². The van der Waals surface area contributed by atoms with Crippen LogP contribution in [0.5, 0.6) is 0 Å². The van der Waals surface area contributed by atoms with Gasteiger partial charge in [0.15, 0.2) is 11.7 Å². The van der Waals surface area contributed by atoms with Crippen molar-refractivity contribution in [3.05, 3.63) is 41.2 Å². The lowest BCUT2D eigenvalue weighted by molar-refractivity contribution is 0.641. The molecule has 1 aliphatic rings. The van der Waals surface area contributed by atoms with Gasteiger partial charge in [0.05, 0.1) is 30.0 Å². The highest BCUT2D eigenvalue weighted by atomic mass is 15.2. The fraction of sp³-hybridized carbons (Fsp3) is 0.235. The molecule has 0 atom stereocenters. The molecule has 1 heterocycles. The SMILES string of the molecule is CN(C)C=NC1=C(N=CN(C)C)C(=Nc2ccc(C#N)cc2)N=C1N. The lowest BCUT2D eigenvalue weighted by Gasteiger charge is -2.05. The second kappa shape index (κ2) is 7.88. The predicted molar refractivity (Wildman–Crippen MR) is 101 cm³/mol. The van der Waals surface area contributed by atoms with Gasteiger partial charge in [-0.15, -0.1) is 0 Å². The first-order valence-electron chi connectivity index (χ1n) is 7.50. The molecule has 1 aromatic carbocycles. The van der Waals surface area contributed by atoms with E-state index in [1.165, 1.54) is 0 Å². The number of hydrogen-bond donors (Lipinski definition) is 1. The Morgan fingerprint density at radius 2 is 1.56 bits per heavy atom. The van der Waals surface area contributed by atoms with Crippen LogP contribution in [0.15, 0.2) is 55.6 Å². The zero-order valence-electron chi connectivity index (χ0n) is 14.7. The van der Waals surface area contributed by atoms with E-state index in [0.29, 0.717) is 28.5 Å². The second-order valence-corrected chi connectivity index (χ2v) is 5.70. The Labute approximate surface area is 147 Å². The van der Waals surface area contributed by atoms with E-state index in [0.717, 1.165) is 0 Å². The van der Waals surface area contributed by atoms with E-state index in [1.807, 2.05) is 28.2 Å². The summed E-state index contributed by atoms with van der Waals surface area (Å²) in [6, 6.07) is 8.94. The number of benzene rings is 1. The normalized spacial score (nSPS) is 16.0. The molecule has 0 spiro atoms. The summed E-state index contributed by atoms with van der Waals surface area (Å²) < 4.78 is 0. The van der Waals surface area contributed by atoms with Crippen LogP contribution in [0.2, 0.25) is 0 Å². The van der Waals surface area contributed by atoms with E-state index >= 15 is 0 Å². The molecule has 0 saturated heterocycles. The smallest absolute Gasteiger partial charge is 0.183 e. The van der Waals surface area contributed by atoms with Crippen molar-refractivity contribution in [2.24, 2.45) is 25.7 Å². The maximum absolute atomic E-state index is 8.87. The summed E-state index contributed by atoms with van der Waals surface area (Å²) in [6.45, 7) is 0. The molecule has 0 amide bonds. The quantitative estimate of drug-likeness (QED) is 0.647. The van der Waals surface area contributed by atoms with Crippen molar-refractivity contribution in [2.45, 2.75) is 0 Å². The zero-order valence-corrected chi connectivity index (χ0v) is 14.7. The Hall–Kier alpha value is -3.47. The number of aliphatic imine (C=N–C) groups is 4. The summed E-state index contributed by atoms with van der Waals surface area (Å²) in [5, 5.41) is 8.87. The number of amidine groups is 2. The molecule has 0 saturated carbocycles. The van der Waals surface area contributed by atoms with E-state index < -0.39 is 0 Å². The van der Waals surface area contributed by atoms with Gasteiger partial charge in [-0.2, -0.15) is 5.26 Å². The van der Waals surface area contributed by atoms with Gasteiger partial charge in [-0.25, -0.2) is 20.0 Å². The largest absolute Gasteiger partial charge is 0.382 e. The lowest BCUT2D eigenvalue weighted by Crippen LogP contribution is -2.14. The summed E-state index contributed by atoms with van der Waals surface area (Å²) in [5.74, 6) is 0.641. The molecule has 8 heteroatoms. The van der Waals surface area contributed by atoms with Crippen molar-refractivity contribution in [3.63, 3.8) is 0 Å². The standard InChI is InChI=1S/C17H20N8/c1-24(2)10-20-14-15(21-11-25(3)4)17(23-16(14)19)22-13-7-5-12(9-18)6-8-13/h5-8,10-11H,1-4H3,(H2,19,22,23). The molecule has 25 heavy (non-hydrogen) atoms. The molecule has 1 aromatic rings. The Balaban J connectivity index is 2.47. The van der Waals surface area contributed by atoms with Crippen LogP contribution in [0.3, 0.4) is 0 Å². The van der Waals surface area contributed by atoms with Crippen molar-refractivity contribution >= 4 is 30.0 Å². The Morgan fingerprint density at radius 1 is 1.00 bits per heavy atom. The number of hydrogen-bond acceptors (Lipinski definition) is 5. The van der Waals surface area contributed by atoms with Crippen LogP contribution in [0, 0.1) is 11.3 Å². The molecule has 1 aliphatic heterocycles.